The lowest BCUT2D eigenvalue weighted by atomic mass is 9.87. The van der Waals surface area contributed by atoms with Gasteiger partial charge in [0.2, 0.25) is 0 Å². The maximum atomic E-state index is 9.47. The van der Waals surface area contributed by atoms with Gasteiger partial charge in [-0.25, -0.2) is 0 Å². The topological polar surface area (TPSA) is 41.5 Å². The van der Waals surface area contributed by atoms with Crippen LogP contribution in [0, 0.1) is 5.92 Å². The van der Waals surface area contributed by atoms with Crippen molar-refractivity contribution in [3.05, 3.63) is 22.7 Å². The molecule has 0 radical (unpaired) electrons. The Morgan fingerprint density at radius 3 is 2.67 bits per heavy atom. The fourth-order valence-corrected chi connectivity index (χ4v) is 2.93. The Bertz CT molecular complexity index is 389. The van der Waals surface area contributed by atoms with Gasteiger partial charge in [0.15, 0.2) is 0 Å². The highest BCUT2D eigenvalue weighted by Crippen LogP contribution is 2.29. The van der Waals surface area contributed by atoms with Crippen molar-refractivity contribution in [2.45, 2.75) is 31.8 Å². The van der Waals surface area contributed by atoms with Gasteiger partial charge in [-0.3, -0.25) is 0 Å². The first-order chi connectivity index (χ1) is 8.69. The van der Waals surface area contributed by atoms with Crippen molar-refractivity contribution in [3.63, 3.8) is 0 Å². The number of ether oxygens (including phenoxy) is 1. The van der Waals surface area contributed by atoms with Crippen molar-refractivity contribution in [2.24, 2.45) is 5.92 Å². The average Bonchev–Trinajstić information content (AvgIpc) is 2.38. The van der Waals surface area contributed by atoms with Gasteiger partial charge in [0.25, 0.3) is 0 Å². The molecule has 0 aliphatic heterocycles. The molecular formula is C14H20BrNO2. The van der Waals surface area contributed by atoms with Gasteiger partial charge >= 0.3 is 0 Å². The van der Waals surface area contributed by atoms with Crippen LogP contribution in [-0.4, -0.2) is 24.9 Å². The highest BCUT2D eigenvalue weighted by atomic mass is 79.9. The van der Waals surface area contributed by atoms with Crippen molar-refractivity contribution >= 4 is 21.6 Å². The minimum Gasteiger partial charge on any atom is -0.496 e. The molecule has 0 atom stereocenters. The molecule has 100 valence electrons. The number of aliphatic hydroxyl groups is 1. The molecule has 4 heteroatoms. The highest BCUT2D eigenvalue weighted by Gasteiger charge is 2.18. The average molecular weight is 314 g/mol. The van der Waals surface area contributed by atoms with Gasteiger partial charge in [-0.05, 0) is 65.7 Å². The fourth-order valence-electron chi connectivity index (χ4n) is 2.39. The van der Waals surface area contributed by atoms with Crippen LogP contribution in [0.4, 0.5) is 5.69 Å². The fraction of sp³-hybridized carbons (Fsp3) is 0.571. The summed E-state index contributed by atoms with van der Waals surface area (Å²) in [5.74, 6) is 1.52. The Balaban J connectivity index is 1.84. The smallest absolute Gasteiger partial charge is 0.133 e. The summed E-state index contributed by atoms with van der Waals surface area (Å²) >= 11 is 3.48. The summed E-state index contributed by atoms with van der Waals surface area (Å²) < 4.78 is 6.17. The number of benzene rings is 1. The van der Waals surface area contributed by atoms with Crippen LogP contribution in [0.1, 0.15) is 25.7 Å². The van der Waals surface area contributed by atoms with Gasteiger partial charge in [0.05, 0.1) is 17.7 Å². The van der Waals surface area contributed by atoms with E-state index in [0.29, 0.717) is 5.92 Å². The van der Waals surface area contributed by atoms with Crippen LogP contribution >= 0.6 is 15.9 Å². The lowest BCUT2D eigenvalue weighted by Crippen LogP contribution is -2.23. The van der Waals surface area contributed by atoms with E-state index in [1.165, 1.54) is 0 Å². The molecule has 1 fully saturated rings. The second-order valence-electron chi connectivity index (χ2n) is 4.90. The zero-order valence-corrected chi connectivity index (χ0v) is 12.2. The van der Waals surface area contributed by atoms with Crippen molar-refractivity contribution in [1.29, 1.82) is 0 Å². The summed E-state index contributed by atoms with van der Waals surface area (Å²) in [4.78, 5) is 0. The van der Waals surface area contributed by atoms with Gasteiger partial charge in [-0.1, -0.05) is 0 Å². The van der Waals surface area contributed by atoms with Crippen LogP contribution in [0.5, 0.6) is 5.75 Å². The van der Waals surface area contributed by atoms with Crippen LogP contribution < -0.4 is 10.1 Å². The first kappa shape index (κ1) is 13.7. The summed E-state index contributed by atoms with van der Waals surface area (Å²) in [6.07, 6.45) is 4.05. The van der Waals surface area contributed by atoms with E-state index >= 15 is 0 Å². The van der Waals surface area contributed by atoms with Crippen molar-refractivity contribution < 1.29 is 9.84 Å². The Kier molecular flexibility index (Phi) is 4.89. The number of anilines is 1. The number of hydrogen-bond acceptors (Lipinski definition) is 3. The van der Waals surface area contributed by atoms with Crippen LogP contribution in [-0.2, 0) is 0 Å². The Labute approximate surface area is 117 Å². The van der Waals surface area contributed by atoms with Gasteiger partial charge in [-0.2, -0.15) is 0 Å². The molecule has 1 aromatic rings. The quantitative estimate of drug-likeness (QED) is 0.895. The van der Waals surface area contributed by atoms with Gasteiger partial charge in [-0.15, -0.1) is 0 Å². The number of hydrogen-bond donors (Lipinski definition) is 2. The molecule has 2 N–H and O–H groups in total. The van der Waals surface area contributed by atoms with Gasteiger partial charge in [0, 0.05) is 12.2 Å². The third-order valence-electron chi connectivity index (χ3n) is 3.56. The number of methoxy groups -OCH3 is 1. The number of halogens is 1. The first-order valence-electron chi connectivity index (χ1n) is 6.44. The van der Waals surface area contributed by atoms with Crippen molar-refractivity contribution in [3.8, 4) is 5.75 Å². The summed E-state index contributed by atoms with van der Waals surface area (Å²) in [7, 11) is 1.67. The third kappa shape index (κ3) is 3.62. The lowest BCUT2D eigenvalue weighted by molar-refractivity contribution is 0.111. The number of nitrogens with one attached hydrogen (secondary N) is 1. The zero-order valence-electron chi connectivity index (χ0n) is 10.7. The van der Waals surface area contributed by atoms with Crippen LogP contribution in [0.15, 0.2) is 22.7 Å². The molecule has 0 saturated heterocycles. The predicted octanol–water partition coefficient (Wildman–Crippen LogP) is 3.42. The molecule has 1 saturated carbocycles. The summed E-state index contributed by atoms with van der Waals surface area (Å²) in [6, 6.07) is 6.02. The second-order valence-corrected chi connectivity index (χ2v) is 5.76. The van der Waals surface area contributed by atoms with E-state index in [1.807, 2.05) is 18.2 Å². The minimum atomic E-state index is -0.0728. The van der Waals surface area contributed by atoms with Crippen LogP contribution in [0.25, 0.3) is 0 Å². The molecule has 3 nitrogen and oxygen atoms in total. The summed E-state index contributed by atoms with van der Waals surface area (Å²) in [6.45, 7) is 0.978. The molecule has 2 rings (SSSR count). The molecule has 0 aromatic heterocycles. The zero-order chi connectivity index (χ0) is 13.0. The van der Waals surface area contributed by atoms with E-state index in [2.05, 4.69) is 21.2 Å². The van der Waals surface area contributed by atoms with E-state index in [0.717, 1.165) is 48.1 Å². The van der Waals surface area contributed by atoms with Crippen molar-refractivity contribution in [1.82, 2.24) is 0 Å². The van der Waals surface area contributed by atoms with E-state index in [-0.39, 0.29) is 6.10 Å². The number of rotatable bonds is 4. The lowest BCUT2D eigenvalue weighted by Gasteiger charge is -2.25. The molecule has 0 unspecified atom stereocenters. The highest BCUT2D eigenvalue weighted by molar-refractivity contribution is 9.10. The molecule has 1 aliphatic rings. The van der Waals surface area contributed by atoms with E-state index in [9.17, 15) is 5.11 Å². The standard InChI is InChI=1S/C14H20BrNO2/c1-18-14-7-4-11(8-13(14)15)16-9-10-2-5-12(17)6-3-10/h4,7-8,10,12,16-17H,2-3,5-6,9H2,1H3. The number of aliphatic hydroxyl groups excluding tert-OH is 1. The van der Waals surface area contributed by atoms with E-state index < -0.39 is 0 Å². The SMILES string of the molecule is COc1ccc(NCC2CCC(O)CC2)cc1Br. The van der Waals surface area contributed by atoms with Crippen molar-refractivity contribution in [2.75, 3.05) is 19.0 Å². The molecule has 0 heterocycles. The normalized spacial score (nSPS) is 23.7. The molecule has 0 amide bonds. The first-order valence-corrected chi connectivity index (χ1v) is 7.24. The monoisotopic (exact) mass is 313 g/mol. The van der Waals surface area contributed by atoms with E-state index in [4.69, 9.17) is 4.74 Å². The Morgan fingerprint density at radius 2 is 2.06 bits per heavy atom. The van der Waals surface area contributed by atoms with Crippen LogP contribution in [0.3, 0.4) is 0 Å². The van der Waals surface area contributed by atoms with Gasteiger partial charge in [0.1, 0.15) is 5.75 Å². The summed E-state index contributed by atoms with van der Waals surface area (Å²) in [5, 5.41) is 12.9. The summed E-state index contributed by atoms with van der Waals surface area (Å²) in [5.41, 5.74) is 1.11. The molecule has 1 aliphatic carbocycles. The van der Waals surface area contributed by atoms with E-state index in [1.54, 1.807) is 7.11 Å². The van der Waals surface area contributed by atoms with Gasteiger partial charge < -0.3 is 15.2 Å². The third-order valence-corrected chi connectivity index (χ3v) is 4.18. The molecule has 18 heavy (non-hydrogen) atoms. The second kappa shape index (κ2) is 6.43. The maximum Gasteiger partial charge on any atom is 0.133 e. The molecule has 0 bridgehead atoms. The predicted molar refractivity (Wildman–Crippen MR) is 77.1 cm³/mol. The largest absolute Gasteiger partial charge is 0.496 e. The minimum absolute atomic E-state index is 0.0728. The Hall–Kier alpha value is -0.740. The maximum absolute atomic E-state index is 9.47. The molecule has 0 spiro atoms. The van der Waals surface area contributed by atoms with Crippen LogP contribution in [0.2, 0.25) is 0 Å². The molecule has 1 aromatic carbocycles. The molecular weight excluding hydrogens is 294 g/mol. The Morgan fingerprint density at radius 1 is 1.33 bits per heavy atom.